The molecule has 0 aliphatic carbocycles. The summed E-state index contributed by atoms with van der Waals surface area (Å²) in [6.07, 6.45) is 0. The molecule has 3 aromatic rings. The van der Waals surface area contributed by atoms with Gasteiger partial charge in [0.15, 0.2) is 0 Å². The van der Waals surface area contributed by atoms with Gasteiger partial charge in [-0.2, -0.15) is 0 Å². The maximum atomic E-state index is 13.3. The number of pyridine rings is 1. The highest BCUT2D eigenvalue weighted by atomic mass is 19.1. The van der Waals surface area contributed by atoms with Crippen LogP contribution in [0.3, 0.4) is 0 Å². The average molecular weight is 366 g/mol. The lowest BCUT2D eigenvalue weighted by Crippen LogP contribution is -2.37. The van der Waals surface area contributed by atoms with E-state index in [0.29, 0.717) is 16.5 Å². The van der Waals surface area contributed by atoms with E-state index in [1.54, 1.807) is 19.2 Å². The molecule has 3 rings (SSSR count). The lowest BCUT2D eigenvalue weighted by Gasteiger charge is -2.32. The molecule has 0 saturated heterocycles. The molecule has 1 unspecified atom stereocenters. The summed E-state index contributed by atoms with van der Waals surface area (Å²) in [5.74, 6) is -0.650. The molecule has 0 saturated carbocycles. The minimum absolute atomic E-state index is 0.243. The van der Waals surface area contributed by atoms with E-state index in [0.717, 1.165) is 5.56 Å². The molecule has 1 heterocycles. The summed E-state index contributed by atoms with van der Waals surface area (Å²) in [6.45, 7) is 6.01. The van der Waals surface area contributed by atoms with Crippen LogP contribution in [0, 0.1) is 11.2 Å². The SMILES string of the molecule is Cn1c(=O)cc(C(=O)NC(c2ccc(F)cc2)C(C)(C)C)c2ccccc21. The Kier molecular flexibility index (Phi) is 4.87. The Morgan fingerprint density at radius 3 is 2.33 bits per heavy atom. The summed E-state index contributed by atoms with van der Waals surface area (Å²) >= 11 is 0. The lowest BCUT2D eigenvalue weighted by molar-refractivity contribution is 0.0903. The second-order valence-electron chi connectivity index (χ2n) is 7.80. The van der Waals surface area contributed by atoms with Gasteiger partial charge in [0.1, 0.15) is 5.82 Å². The van der Waals surface area contributed by atoms with Crippen LogP contribution in [0.15, 0.2) is 59.4 Å². The van der Waals surface area contributed by atoms with Gasteiger partial charge in [0.25, 0.3) is 11.5 Å². The van der Waals surface area contributed by atoms with E-state index in [9.17, 15) is 14.0 Å². The second-order valence-corrected chi connectivity index (χ2v) is 7.80. The number of amides is 1. The van der Waals surface area contributed by atoms with Crippen molar-refractivity contribution in [3.05, 3.63) is 81.9 Å². The maximum Gasteiger partial charge on any atom is 0.252 e. The van der Waals surface area contributed by atoms with Crippen LogP contribution in [-0.4, -0.2) is 10.5 Å². The van der Waals surface area contributed by atoms with E-state index in [1.165, 1.54) is 22.8 Å². The highest BCUT2D eigenvalue weighted by Crippen LogP contribution is 2.33. The first kappa shape index (κ1) is 18.8. The Morgan fingerprint density at radius 2 is 1.70 bits per heavy atom. The van der Waals surface area contributed by atoms with Crippen LogP contribution in [0.1, 0.15) is 42.7 Å². The third-order valence-electron chi connectivity index (χ3n) is 4.74. The van der Waals surface area contributed by atoms with Crippen LogP contribution in [0.5, 0.6) is 0 Å². The van der Waals surface area contributed by atoms with Crippen LogP contribution in [0.25, 0.3) is 10.9 Å². The van der Waals surface area contributed by atoms with Crippen molar-refractivity contribution in [3.8, 4) is 0 Å². The summed E-state index contributed by atoms with van der Waals surface area (Å²) in [5, 5.41) is 3.75. The van der Waals surface area contributed by atoms with Gasteiger partial charge in [-0.25, -0.2) is 4.39 Å². The van der Waals surface area contributed by atoms with Crippen molar-refractivity contribution < 1.29 is 9.18 Å². The number of fused-ring (bicyclic) bond motifs is 1. The second kappa shape index (κ2) is 6.99. The Balaban J connectivity index is 2.05. The quantitative estimate of drug-likeness (QED) is 0.755. The topological polar surface area (TPSA) is 51.1 Å². The van der Waals surface area contributed by atoms with Crippen molar-refractivity contribution >= 4 is 16.8 Å². The molecular formula is C22H23FN2O2. The van der Waals surface area contributed by atoms with E-state index < -0.39 is 0 Å². The first-order chi connectivity index (χ1) is 12.7. The third-order valence-corrected chi connectivity index (χ3v) is 4.74. The Labute approximate surface area is 157 Å². The number of hydrogen-bond donors (Lipinski definition) is 1. The zero-order chi connectivity index (χ0) is 19.8. The summed E-state index contributed by atoms with van der Waals surface area (Å²) in [7, 11) is 1.68. The van der Waals surface area contributed by atoms with Gasteiger partial charge in [-0.3, -0.25) is 9.59 Å². The number of nitrogens with zero attached hydrogens (tertiary/aromatic N) is 1. The van der Waals surface area contributed by atoms with Crippen LogP contribution in [0.4, 0.5) is 4.39 Å². The van der Waals surface area contributed by atoms with Gasteiger partial charge in [-0.15, -0.1) is 0 Å². The molecule has 27 heavy (non-hydrogen) atoms. The predicted molar refractivity (Wildman–Crippen MR) is 105 cm³/mol. The molecular weight excluding hydrogens is 343 g/mol. The molecule has 1 amide bonds. The largest absolute Gasteiger partial charge is 0.345 e. The molecule has 0 aliphatic rings. The van der Waals surface area contributed by atoms with Crippen LogP contribution in [0.2, 0.25) is 0 Å². The Bertz CT molecular complexity index is 1050. The Hall–Kier alpha value is -2.95. The number of nitrogens with one attached hydrogen (secondary N) is 1. The number of hydrogen-bond acceptors (Lipinski definition) is 2. The van der Waals surface area contributed by atoms with Gasteiger partial charge < -0.3 is 9.88 Å². The van der Waals surface area contributed by atoms with Crippen molar-refractivity contribution in [2.24, 2.45) is 12.5 Å². The molecule has 4 nitrogen and oxygen atoms in total. The maximum absolute atomic E-state index is 13.3. The number of para-hydroxylation sites is 1. The van der Waals surface area contributed by atoms with E-state index in [4.69, 9.17) is 0 Å². The first-order valence-electron chi connectivity index (χ1n) is 8.83. The molecule has 1 N–H and O–H groups in total. The minimum atomic E-state index is -0.339. The highest BCUT2D eigenvalue weighted by molar-refractivity contribution is 6.06. The number of rotatable bonds is 3. The number of benzene rings is 2. The fourth-order valence-corrected chi connectivity index (χ4v) is 3.26. The van der Waals surface area contributed by atoms with Crippen molar-refractivity contribution in [1.82, 2.24) is 9.88 Å². The van der Waals surface area contributed by atoms with Gasteiger partial charge in [0, 0.05) is 18.5 Å². The number of aryl methyl sites for hydroxylation is 1. The fourth-order valence-electron chi connectivity index (χ4n) is 3.26. The average Bonchev–Trinajstić information content (AvgIpc) is 2.62. The zero-order valence-corrected chi connectivity index (χ0v) is 15.9. The molecule has 0 fully saturated rings. The number of carbonyl (C=O) groups is 1. The summed E-state index contributed by atoms with van der Waals surface area (Å²) in [6, 6.07) is 14.5. The predicted octanol–water partition coefficient (Wildman–Crippen LogP) is 4.19. The van der Waals surface area contributed by atoms with E-state index >= 15 is 0 Å². The summed E-state index contributed by atoms with van der Waals surface area (Å²) in [5.41, 5.74) is 1.30. The molecule has 0 aliphatic heterocycles. The number of carbonyl (C=O) groups excluding carboxylic acids is 1. The van der Waals surface area contributed by atoms with Crippen LogP contribution in [-0.2, 0) is 7.05 Å². The van der Waals surface area contributed by atoms with Crippen LogP contribution >= 0.6 is 0 Å². The Morgan fingerprint density at radius 1 is 1.07 bits per heavy atom. The summed E-state index contributed by atoms with van der Waals surface area (Å²) in [4.78, 5) is 25.4. The normalized spacial score (nSPS) is 12.8. The van der Waals surface area contributed by atoms with E-state index in [2.05, 4.69) is 5.32 Å². The molecule has 140 valence electrons. The molecule has 0 radical (unpaired) electrons. The van der Waals surface area contributed by atoms with Crippen molar-refractivity contribution in [3.63, 3.8) is 0 Å². The first-order valence-corrected chi connectivity index (χ1v) is 8.83. The van der Waals surface area contributed by atoms with Crippen molar-refractivity contribution in [2.75, 3.05) is 0 Å². The standard InChI is InChI=1S/C22H23FN2O2/c1-22(2,3)20(14-9-11-15(23)12-10-14)24-21(27)17-13-19(26)25(4)18-8-6-5-7-16(17)18/h5-13,20H,1-4H3,(H,24,27). The van der Waals surface area contributed by atoms with Gasteiger partial charge >= 0.3 is 0 Å². The zero-order valence-electron chi connectivity index (χ0n) is 15.9. The molecule has 5 heteroatoms. The van der Waals surface area contributed by atoms with Crippen LogP contribution < -0.4 is 10.9 Å². The molecule has 0 spiro atoms. The summed E-state index contributed by atoms with van der Waals surface area (Å²) < 4.78 is 14.8. The fraction of sp³-hybridized carbons (Fsp3) is 0.273. The monoisotopic (exact) mass is 366 g/mol. The highest BCUT2D eigenvalue weighted by Gasteiger charge is 2.29. The van der Waals surface area contributed by atoms with Gasteiger partial charge in [0.2, 0.25) is 0 Å². The smallest absolute Gasteiger partial charge is 0.252 e. The number of aromatic nitrogens is 1. The van der Waals surface area contributed by atoms with Crippen molar-refractivity contribution in [1.29, 1.82) is 0 Å². The van der Waals surface area contributed by atoms with Crippen molar-refractivity contribution in [2.45, 2.75) is 26.8 Å². The molecule has 0 bridgehead atoms. The molecule has 1 atom stereocenters. The molecule has 2 aromatic carbocycles. The van der Waals surface area contributed by atoms with Gasteiger partial charge in [-0.05, 0) is 29.2 Å². The third kappa shape index (κ3) is 3.77. The van der Waals surface area contributed by atoms with E-state index in [1.807, 2.05) is 45.0 Å². The van der Waals surface area contributed by atoms with Gasteiger partial charge in [0.05, 0.1) is 17.1 Å². The minimum Gasteiger partial charge on any atom is -0.345 e. The molecule has 1 aromatic heterocycles. The lowest BCUT2D eigenvalue weighted by atomic mass is 9.82. The van der Waals surface area contributed by atoms with E-state index in [-0.39, 0.29) is 28.7 Å². The van der Waals surface area contributed by atoms with Gasteiger partial charge in [-0.1, -0.05) is 51.1 Å². The number of halogens is 1.